The Morgan fingerprint density at radius 3 is 2.59 bits per heavy atom. The summed E-state index contributed by atoms with van der Waals surface area (Å²) in [6, 6.07) is 15.6. The molecular weight excluding hydrogens is 278 g/mol. The van der Waals surface area contributed by atoms with E-state index in [9.17, 15) is 0 Å². The molecule has 0 aromatic heterocycles. The molecule has 2 rings (SSSR count). The summed E-state index contributed by atoms with van der Waals surface area (Å²) in [5.74, 6) is 1.13. The molecule has 0 saturated heterocycles. The van der Waals surface area contributed by atoms with Crippen LogP contribution < -0.4 is 15.8 Å². The minimum atomic E-state index is 0.362. The maximum absolute atomic E-state index is 5.94. The summed E-state index contributed by atoms with van der Waals surface area (Å²) in [5.41, 5.74) is 8.99. The summed E-state index contributed by atoms with van der Waals surface area (Å²) in [6.07, 6.45) is 0. The fourth-order valence-corrected chi connectivity index (χ4v) is 2.07. The SMILES string of the molecule is COCc1ccccc1CN=C(N)Nc1cccc(OC)c1. The molecule has 0 bridgehead atoms. The first-order valence-electron chi connectivity index (χ1n) is 6.99. The highest BCUT2D eigenvalue weighted by Gasteiger charge is 2.02. The van der Waals surface area contributed by atoms with Crippen molar-refractivity contribution in [3.8, 4) is 5.75 Å². The molecule has 2 aromatic carbocycles. The minimum absolute atomic E-state index is 0.362. The molecule has 0 aliphatic heterocycles. The van der Waals surface area contributed by atoms with Gasteiger partial charge in [-0.15, -0.1) is 0 Å². The van der Waals surface area contributed by atoms with Crippen LogP contribution in [0, 0.1) is 0 Å². The van der Waals surface area contributed by atoms with Crippen LogP contribution >= 0.6 is 0 Å². The highest BCUT2D eigenvalue weighted by Crippen LogP contribution is 2.16. The Morgan fingerprint density at radius 1 is 1.09 bits per heavy atom. The van der Waals surface area contributed by atoms with Gasteiger partial charge in [-0.25, -0.2) is 4.99 Å². The summed E-state index contributed by atoms with van der Waals surface area (Å²) in [5, 5.41) is 3.05. The number of hydrogen-bond acceptors (Lipinski definition) is 3. The van der Waals surface area contributed by atoms with E-state index in [0.717, 1.165) is 22.6 Å². The van der Waals surface area contributed by atoms with Crippen molar-refractivity contribution >= 4 is 11.6 Å². The van der Waals surface area contributed by atoms with Crippen LogP contribution in [-0.4, -0.2) is 20.2 Å². The van der Waals surface area contributed by atoms with Crippen LogP contribution in [0.5, 0.6) is 5.75 Å². The van der Waals surface area contributed by atoms with E-state index in [4.69, 9.17) is 15.2 Å². The number of aliphatic imine (C=N–C) groups is 1. The lowest BCUT2D eigenvalue weighted by Gasteiger charge is -2.09. The van der Waals surface area contributed by atoms with Gasteiger partial charge in [0.1, 0.15) is 5.75 Å². The van der Waals surface area contributed by atoms with Gasteiger partial charge in [0.2, 0.25) is 0 Å². The molecule has 0 heterocycles. The molecule has 22 heavy (non-hydrogen) atoms. The normalized spacial score (nSPS) is 11.3. The number of nitrogens with zero attached hydrogens (tertiary/aromatic N) is 1. The molecule has 5 nitrogen and oxygen atoms in total. The second kappa shape index (κ2) is 8.05. The molecule has 0 aliphatic carbocycles. The lowest BCUT2D eigenvalue weighted by Crippen LogP contribution is -2.22. The Morgan fingerprint density at radius 2 is 1.86 bits per heavy atom. The maximum Gasteiger partial charge on any atom is 0.193 e. The van der Waals surface area contributed by atoms with E-state index in [-0.39, 0.29) is 0 Å². The molecule has 5 heteroatoms. The third kappa shape index (κ3) is 4.49. The number of rotatable bonds is 6. The van der Waals surface area contributed by atoms with Gasteiger partial charge in [-0.05, 0) is 23.3 Å². The van der Waals surface area contributed by atoms with Crippen LogP contribution in [-0.2, 0) is 17.9 Å². The number of guanidine groups is 1. The summed E-state index contributed by atoms with van der Waals surface area (Å²) < 4.78 is 10.4. The predicted octanol–water partition coefficient (Wildman–Crippen LogP) is 2.77. The van der Waals surface area contributed by atoms with E-state index < -0.39 is 0 Å². The average Bonchev–Trinajstić information content (AvgIpc) is 2.54. The van der Waals surface area contributed by atoms with Crippen LogP contribution in [0.3, 0.4) is 0 Å². The zero-order chi connectivity index (χ0) is 15.8. The van der Waals surface area contributed by atoms with Crippen molar-refractivity contribution < 1.29 is 9.47 Å². The first-order chi connectivity index (χ1) is 10.7. The van der Waals surface area contributed by atoms with Gasteiger partial charge in [0.15, 0.2) is 5.96 Å². The van der Waals surface area contributed by atoms with Gasteiger partial charge in [0, 0.05) is 18.9 Å². The Labute approximate surface area is 130 Å². The third-order valence-electron chi connectivity index (χ3n) is 3.18. The largest absolute Gasteiger partial charge is 0.497 e. The van der Waals surface area contributed by atoms with Crippen molar-refractivity contribution in [2.24, 2.45) is 10.7 Å². The molecule has 0 atom stereocenters. The lowest BCUT2D eigenvalue weighted by atomic mass is 10.1. The van der Waals surface area contributed by atoms with Crippen molar-refractivity contribution in [1.29, 1.82) is 0 Å². The number of methoxy groups -OCH3 is 2. The number of hydrogen-bond donors (Lipinski definition) is 2. The quantitative estimate of drug-likeness (QED) is 0.635. The topological polar surface area (TPSA) is 68.9 Å². The molecule has 0 fully saturated rings. The van der Waals surface area contributed by atoms with Crippen molar-refractivity contribution in [2.75, 3.05) is 19.5 Å². The molecule has 0 radical (unpaired) electrons. The zero-order valence-electron chi connectivity index (χ0n) is 12.9. The lowest BCUT2D eigenvalue weighted by molar-refractivity contribution is 0.184. The van der Waals surface area contributed by atoms with Crippen LogP contribution in [0.2, 0.25) is 0 Å². The first kappa shape index (κ1) is 15.9. The second-order valence-electron chi connectivity index (χ2n) is 4.76. The zero-order valence-corrected chi connectivity index (χ0v) is 12.9. The van der Waals surface area contributed by atoms with Gasteiger partial charge >= 0.3 is 0 Å². The molecule has 0 saturated carbocycles. The van der Waals surface area contributed by atoms with Crippen molar-refractivity contribution in [3.63, 3.8) is 0 Å². The molecule has 0 amide bonds. The smallest absolute Gasteiger partial charge is 0.193 e. The second-order valence-corrected chi connectivity index (χ2v) is 4.76. The molecule has 0 aliphatic rings. The highest BCUT2D eigenvalue weighted by atomic mass is 16.5. The van der Waals surface area contributed by atoms with Gasteiger partial charge in [0.05, 0.1) is 20.3 Å². The van der Waals surface area contributed by atoms with E-state index in [0.29, 0.717) is 19.1 Å². The van der Waals surface area contributed by atoms with Crippen LogP contribution in [0.25, 0.3) is 0 Å². The number of nitrogens with two attached hydrogens (primary N) is 1. The number of benzene rings is 2. The van der Waals surface area contributed by atoms with Crippen LogP contribution in [0.1, 0.15) is 11.1 Å². The maximum atomic E-state index is 5.94. The first-order valence-corrected chi connectivity index (χ1v) is 6.99. The molecule has 0 unspecified atom stereocenters. The van der Waals surface area contributed by atoms with Gasteiger partial charge in [-0.2, -0.15) is 0 Å². The van der Waals surface area contributed by atoms with E-state index in [2.05, 4.69) is 10.3 Å². The van der Waals surface area contributed by atoms with Crippen LogP contribution in [0.4, 0.5) is 5.69 Å². The molecular formula is C17H21N3O2. The summed E-state index contributed by atoms with van der Waals surface area (Å²) in [6.45, 7) is 1.07. The minimum Gasteiger partial charge on any atom is -0.497 e. The Balaban J connectivity index is 2.03. The molecule has 3 N–H and O–H groups in total. The number of anilines is 1. The van der Waals surface area contributed by atoms with Gasteiger partial charge in [-0.3, -0.25) is 0 Å². The monoisotopic (exact) mass is 299 g/mol. The third-order valence-corrected chi connectivity index (χ3v) is 3.18. The van der Waals surface area contributed by atoms with Crippen LogP contribution in [0.15, 0.2) is 53.5 Å². The fraction of sp³-hybridized carbons (Fsp3) is 0.235. The average molecular weight is 299 g/mol. The van der Waals surface area contributed by atoms with E-state index >= 15 is 0 Å². The van der Waals surface area contributed by atoms with Crippen molar-refractivity contribution in [1.82, 2.24) is 0 Å². The van der Waals surface area contributed by atoms with Gasteiger partial charge in [0.25, 0.3) is 0 Å². The summed E-state index contributed by atoms with van der Waals surface area (Å²) >= 11 is 0. The predicted molar refractivity (Wildman–Crippen MR) is 89.1 cm³/mol. The standard InChI is InChI=1S/C17H21N3O2/c1-21-12-14-7-4-3-6-13(14)11-19-17(18)20-15-8-5-9-16(10-15)22-2/h3-10H,11-12H2,1-2H3,(H3,18,19,20). The summed E-state index contributed by atoms with van der Waals surface area (Å²) in [7, 11) is 3.31. The number of ether oxygens (including phenoxy) is 2. The number of nitrogens with one attached hydrogen (secondary N) is 1. The van der Waals surface area contributed by atoms with E-state index in [1.807, 2.05) is 48.5 Å². The molecule has 0 spiro atoms. The van der Waals surface area contributed by atoms with E-state index in [1.54, 1.807) is 14.2 Å². The fourth-order valence-electron chi connectivity index (χ4n) is 2.07. The van der Waals surface area contributed by atoms with Gasteiger partial charge < -0.3 is 20.5 Å². The molecule has 2 aromatic rings. The summed E-state index contributed by atoms with van der Waals surface area (Å²) in [4.78, 5) is 4.38. The van der Waals surface area contributed by atoms with E-state index in [1.165, 1.54) is 0 Å². The van der Waals surface area contributed by atoms with Gasteiger partial charge in [-0.1, -0.05) is 30.3 Å². The van der Waals surface area contributed by atoms with Crippen molar-refractivity contribution in [3.05, 3.63) is 59.7 Å². The Kier molecular flexibility index (Phi) is 5.80. The Bertz CT molecular complexity index is 641. The highest BCUT2D eigenvalue weighted by molar-refractivity contribution is 5.92. The molecule has 116 valence electrons. The van der Waals surface area contributed by atoms with Crippen molar-refractivity contribution in [2.45, 2.75) is 13.2 Å². The Hall–Kier alpha value is -2.53.